The minimum absolute atomic E-state index is 0.625. The quantitative estimate of drug-likeness (QED) is 0.168. The Morgan fingerprint density at radius 2 is 0.750 bits per heavy atom. The van der Waals surface area contributed by atoms with Crippen LogP contribution in [-0.4, -0.2) is 29.9 Å². The first-order valence-electron chi connectivity index (χ1n) is 18.3. The third-order valence-electron chi connectivity index (χ3n) is 10.0. The number of hydrogen-bond donors (Lipinski definition) is 0. The van der Waals surface area contributed by atoms with Crippen molar-refractivity contribution in [3.05, 3.63) is 170 Å². The van der Waals surface area contributed by atoms with Crippen molar-refractivity contribution < 1.29 is 0 Å². The van der Waals surface area contributed by atoms with Crippen LogP contribution in [0.5, 0.6) is 0 Å². The van der Waals surface area contributed by atoms with E-state index in [4.69, 9.17) is 29.9 Å². The van der Waals surface area contributed by atoms with Crippen LogP contribution in [0.1, 0.15) is 0 Å². The van der Waals surface area contributed by atoms with E-state index in [1.165, 1.54) is 20.2 Å². The number of nitrogens with zero attached hydrogens (tertiary/aromatic N) is 6. The van der Waals surface area contributed by atoms with E-state index in [0.717, 1.165) is 53.6 Å². The van der Waals surface area contributed by atoms with Crippen LogP contribution >= 0.6 is 22.7 Å². The summed E-state index contributed by atoms with van der Waals surface area (Å²) in [6, 6.07) is 58.2. The maximum absolute atomic E-state index is 5.21. The molecule has 0 aliphatic rings. The second kappa shape index (κ2) is 13.4. The molecule has 0 aliphatic heterocycles. The van der Waals surface area contributed by atoms with E-state index in [1.54, 1.807) is 22.7 Å². The van der Waals surface area contributed by atoms with Gasteiger partial charge in [0, 0.05) is 73.7 Å². The predicted octanol–water partition coefficient (Wildman–Crippen LogP) is 12.8. The van der Waals surface area contributed by atoms with Crippen molar-refractivity contribution >= 4 is 63.0 Å². The average Bonchev–Trinajstić information content (AvgIpc) is 3.85. The minimum atomic E-state index is 0.625. The number of aromatic nitrogens is 6. The van der Waals surface area contributed by atoms with Gasteiger partial charge in [0.25, 0.3) is 0 Å². The van der Waals surface area contributed by atoms with Crippen LogP contribution in [0.4, 0.5) is 0 Å². The van der Waals surface area contributed by atoms with Crippen molar-refractivity contribution in [1.82, 2.24) is 29.9 Å². The standard InChI is InChI=1S/C48H28N6S2/c1-4-14-29(15-5-1)43-49-44(30-16-6-2-7-17-30)53-48(52-43)36-23-12-21-33-37-28-32(26-27-39(37)56-42(33)36)46-50-45(31-18-8-3-9-19-31)51-47(54-46)35-22-13-25-40-41(35)34-20-10-11-24-38(34)55-40/h1-28H. The summed E-state index contributed by atoms with van der Waals surface area (Å²) in [5.74, 6) is 3.83. The molecule has 0 N–H and O–H groups in total. The summed E-state index contributed by atoms with van der Waals surface area (Å²) < 4.78 is 4.72. The minimum Gasteiger partial charge on any atom is -0.208 e. The second-order valence-electron chi connectivity index (χ2n) is 13.5. The summed E-state index contributed by atoms with van der Waals surface area (Å²) in [6.45, 7) is 0. The molecule has 6 nitrogen and oxygen atoms in total. The highest BCUT2D eigenvalue weighted by Crippen LogP contribution is 2.42. The van der Waals surface area contributed by atoms with E-state index in [1.807, 2.05) is 91.0 Å². The van der Waals surface area contributed by atoms with Crippen LogP contribution in [-0.2, 0) is 0 Å². The fourth-order valence-corrected chi connectivity index (χ4v) is 9.67. The van der Waals surface area contributed by atoms with Gasteiger partial charge in [0.15, 0.2) is 34.9 Å². The summed E-state index contributed by atoms with van der Waals surface area (Å²) >= 11 is 3.53. The van der Waals surface area contributed by atoms with Crippen molar-refractivity contribution in [3.63, 3.8) is 0 Å². The SMILES string of the molecule is c1ccc(-c2nc(-c3ccccc3)nc(-c3cccc4c3sc3ccc(-c5nc(-c6ccccc6)nc(-c6cccc7sc8ccccc8c67)n5)cc34)n2)cc1. The molecule has 0 unspecified atom stereocenters. The molecule has 0 saturated carbocycles. The third kappa shape index (κ3) is 5.62. The normalized spacial score (nSPS) is 11.6. The molecule has 0 saturated heterocycles. The van der Waals surface area contributed by atoms with Crippen molar-refractivity contribution in [1.29, 1.82) is 0 Å². The number of benzene rings is 7. The van der Waals surface area contributed by atoms with Gasteiger partial charge in [-0.3, -0.25) is 0 Å². The van der Waals surface area contributed by atoms with Gasteiger partial charge >= 0.3 is 0 Å². The van der Waals surface area contributed by atoms with E-state index in [0.29, 0.717) is 34.9 Å². The molecule has 0 amide bonds. The molecule has 7 aromatic carbocycles. The molecule has 0 radical (unpaired) electrons. The summed E-state index contributed by atoms with van der Waals surface area (Å²) in [6.07, 6.45) is 0. The topological polar surface area (TPSA) is 77.3 Å². The van der Waals surface area contributed by atoms with Gasteiger partial charge in [0.2, 0.25) is 0 Å². The molecule has 262 valence electrons. The first kappa shape index (κ1) is 32.4. The maximum Gasteiger partial charge on any atom is 0.165 e. The molecule has 0 atom stereocenters. The zero-order valence-corrected chi connectivity index (χ0v) is 31.3. The average molecular weight is 753 g/mol. The molecule has 11 rings (SSSR count). The summed E-state index contributed by atoms with van der Waals surface area (Å²) in [5, 5.41) is 4.62. The molecule has 11 aromatic rings. The molecule has 56 heavy (non-hydrogen) atoms. The van der Waals surface area contributed by atoms with Crippen LogP contribution in [0.25, 0.3) is 109 Å². The van der Waals surface area contributed by atoms with Crippen LogP contribution in [0.2, 0.25) is 0 Å². The van der Waals surface area contributed by atoms with Crippen LogP contribution in [0.3, 0.4) is 0 Å². The van der Waals surface area contributed by atoms with Crippen molar-refractivity contribution in [2.75, 3.05) is 0 Å². The molecule has 8 heteroatoms. The number of thiophene rings is 2. The van der Waals surface area contributed by atoms with Crippen molar-refractivity contribution in [2.24, 2.45) is 0 Å². The fraction of sp³-hybridized carbons (Fsp3) is 0. The molecular weight excluding hydrogens is 725 g/mol. The monoisotopic (exact) mass is 752 g/mol. The lowest BCUT2D eigenvalue weighted by molar-refractivity contribution is 1.08. The zero-order valence-electron chi connectivity index (χ0n) is 29.7. The van der Waals surface area contributed by atoms with E-state index < -0.39 is 0 Å². The lowest BCUT2D eigenvalue weighted by Crippen LogP contribution is -2.00. The molecule has 4 aromatic heterocycles. The molecular formula is C48H28N6S2. The predicted molar refractivity (Wildman–Crippen MR) is 232 cm³/mol. The van der Waals surface area contributed by atoms with E-state index in [-0.39, 0.29) is 0 Å². The second-order valence-corrected chi connectivity index (χ2v) is 15.6. The first-order valence-corrected chi connectivity index (χ1v) is 19.9. The number of fused-ring (bicyclic) bond motifs is 6. The van der Waals surface area contributed by atoms with Crippen LogP contribution in [0.15, 0.2) is 170 Å². The highest BCUT2D eigenvalue weighted by Gasteiger charge is 2.20. The highest BCUT2D eigenvalue weighted by atomic mass is 32.1. The Bertz CT molecular complexity index is 3190. The Kier molecular flexibility index (Phi) is 7.75. The third-order valence-corrected chi connectivity index (χ3v) is 12.4. The highest BCUT2D eigenvalue weighted by molar-refractivity contribution is 7.26. The van der Waals surface area contributed by atoms with Gasteiger partial charge < -0.3 is 0 Å². The zero-order chi connectivity index (χ0) is 37.0. The summed E-state index contributed by atoms with van der Waals surface area (Å²) in [4.78, 5) is 30.4. The summed E-state index contributed by atoms with van der Waals surface area (Å²) in [5.41, 5.74) is 5.70. The maximum atomic E-state index is 5.21. The largest absolute Gasteiger partial charge is 0.208 e. The molecule has 0 aliphatic carbocycles. The smallest absolute Gasteiger partial charge is 0.165 e. The molecule has 0 fully saturated rings. The van der Waals surface area contributed by atoms with Crippen LogP contribution < -0.4 is 0 Å². The first-order chi connectivity index (χ1) is 27.7. The number of rotatable bonds is 6. The van der Waals surface area contributed by atoms with Gasteiger partial charge in [-0.2, -0.15) is 0 Å². The van der Waals surface area contributed by atoms with E-state index in [9.17, 15) is 0 Å². The summed E-state index contributed by atoms with van der Waals surface area (Å²) in [7, 11) is 0. The van der Waals surface area contributed by atoms with Gasteiger partial charge in [0.05, 0.1) is 0 Å². The van der Waals surface area contributed by atoms with Gasteiger partial charge in [0.1, 0.15) is 0 Å². The number of hydrogen-bond acceptors (Lipinski definition) is 8. The van der Waals surface area contributed by atoms with Gasteiger partial charge in [-0.25, -0.2) is 29.9 Å². The Morgan fingerprint density at radius 3 is 1.39 bits per heavy atom. The lowest BCUT2D eigenvalue weighted by Gasteiger charge is -2.10. The Labute approximate surface area is 329 Å². The molecule has 4 heterocycles. The van der Waals surface area contributed by atoms with Gasteiger partial charge in [-0.15, -0.1) is 22.7 Å². The van der Waals surface area contributed by atoms with Gasteiger partial charge in [-0.1, -0.05) is 133 Å². The Morgan fingerprint density at radius 1 is 0.286 bits per heavy atom. The van der Waals surface area contributed by atoms with Crippen molar-refractivity contribution in [2.45, 2.75) is 0 Å². The van der Waals surface area contributed by atoms with Crippen molar-refractivity contribution in [3.8, 4) is 68.3 Å². The van der Waals surface area contributed by atoms with E-state index >= 15 is 0 Å². The Hall–Kier alpha value is -7.00. The van der Waals surface area contributed by atoms with Crippen LogP contribution in [0, 0.1) is 0 Å². The molecule has 0 bridgehead atoms. The van der Waals surface area contributed by atoms with E-state index in [2.05, 4.69) is 78.9 Å². The van der Waals surface area contributed by atoms with Gasteiger partial charge in [-0.05, 0) is 36.4 Å². The fourth-order valence-electron chi connectivity index (χ4n) is 7.35. The Balaban J connectivity index is 1.09. The lowest BCUT2D eigenvalue weighted by atomic mass is 10.0. The molecule has 0 spiro atoms.